The van der Waals surface area contributed by atoms with Crippen LogP contribution in [0, 0.1) is 0 Å². The van der Waals surface area contributed by atoms with Gasteiger partial charge < -0.3 is 0 Å². The molecule has 0 N–H and O–H groups in total. The van der Waals surface area contributed by atoms with E-state index in [0.717, 1.165) is 24.4 Å². The van der Waals surface area contributed by atoms with Crippen molar-refractivity contribution >= 4 is 0 Å². The van der Waals surface area contributed by atoms with Crippen LogP contribution < -0.4 is 4.68 Å². The number of nitrogens with zero attached hydrogens (tertiary/aromatic N) is 5. The van der Waals surface area contributed by atoms with Gasteiger partial charge in [0.05, 0.1) is 5.56 Å². The summed E-state index contributed by atoms with van der Waals surface area (Å²) in [4.78, 5) is 4.18. The number of aromatic nitrogens is 5. The van der Waals surface area contributed by atoms with Crippen molar-refractivity contribution in [1.82, 2.24) is 19.9 Å². The summed E-state index contributed by atoms with van der Waals surface area (Å²) in [5.41, 5.74) is 0.952. The van der Waals surface area contributed by atoms with Gasteiger partial charge in [-0.05, 0) is 5.10 Å². The molecule has 0 saturated heterocycles. The fourth-order valence-corrected chi connectivity index (χ4v) is 1.44. The fraction of sp³-hybridized carbons (Fsp3) is 0.455. The summed E-state index contributed by atoms with van der Waals surface area (Å²) in [6, 6.07) is 2.00. The Morgan fingerprint density at radius 2 is 2.31 bits per heavy atom. The molecule has 84 valence electrons. The van der Waals surface area contributed by atoms with Crippen molar-refractivity contribution in [3.8, 4) is 11.4 Å². The minimum absolute atomic E-state index is 0.720. The Kier molecular flexibility index (Phi) is 3.24. The first-order valence-electron chi connectivity index (χ1n) is 5.51. The lowest BCUT2D eigenvalue weighted by Gasteiger charge is -1.94. The zero-order valence-electron chi connectivity index (χ0n) is 9.67. The van der Waals surface area contributed by atoms with Crippen molar-refractivity contribution in [2.45, 2.75) is 26.3 Å². The molecule has 2 aromatic heterocycles. The van der Waals surface area contributed by atoms with Crippen LogP contribution in [0.4, 0.5) is 0 Å². The Bertz CT molecular complexity index is 446. The molecule has 16 heavy (non-hydrogen) atoms. The van der Waals surface area contributed by atoms with Gasteiger partial charge in [-0.15, -0.1) is 0 Å². The van der Waals surface area contributed by atoms with E-state index in [-0.39, 0.29) is 0 Å². The van der Waals surface area contributed by atoms with Gasteiger partial charge in [0.25, 0.3) is 0 Å². The van der Waals surface area contributed by atoms with Crippen LogP contribution in [0.5, 0.6) is 0 Å². The highest BCUT2D eigenvalue weighted by Gasteiger charge is 2.06. The molecule has 0 unspecified atom stereocenters. The Balaban J connectivity index is 2.13. The van der Waals surface area contributed by atoms with Crippen LogP contribution in [0.2, 0.25) is 0 Å². The van der Waals surface area contributed by atoms with Crippen molar-refractivity contribution in [3.05, 3.63) is 24.8 Å². The molecule has 2 heterocycles. The van der Waals surface area contributed by atoms with Crippen molar-refractivity contribution in [2.75, 3.05) is 0 Å². The third-order valence-electron chi connectivity index (χ3n) is 2.37. The molecule has 2 rings (SSSR count). The van der Waals surface area contributed by atoms with Gasteiger partial charge in [-0.2, -0.15) is 5.10 Å². The molecule has 2 aromatic rings. The third-order valence-corrected chi connectivity index (χ3v) is 2.37. The van der Waals surface area contributed by atoms with Gasteiger partial charge >= 0.3 is 0 Å². The summed E-state index contributed by atoms with van der Waals surface area (Å²) < 4.78 is 3.63. The summed E-state index contributed by atoms with van der Waals surface area (Å²) in [5.74, 6) is 0.720. The smallest absolute Gasteiger partial charge is 0.197 e. The molecule has 0 radical (unpaired) electrons. The second-order valence-electron chi connectivity index (χ2n) is 3.77. The molecule has 0 atom stereocenters. The molecule has 0 saturated carbocycles. The summed E-state index contributed by atoms with van der Waals surface area (Å²) in [6.07, 6.45) is 7.80. The molecule has 0 fully saturated rings. The molecular formula is C11H16N5+. The van der Waals surface area contributed by atoms with Crippen molar-refractivity contribution in [1.29, 1.82) is 0 Å². The third kappa shape index (κ3) is 2.42. The minimum atomic E-state index is 0.720. The van der Waals surface area contributed by atoms with Crippen molar-refractivity contribution in [2.24, 2.45) is 7.05 Å². The molecule has 0 aliphatic carbocycles. The fourth-order valence-electron chi connectivity index (χ4n) is 1.44. The highest BCUT2D eigenvalue weighted by molar-refractivity contribution is 5.50. The largest absolute Gasteiger partial charge is 0.255 e. The normalized spacial score (nSPS) is 10.6. The minimum Gasteiger partial charge on any atom is -0.255 e. The van der Waals surface area contributed by atoms with E-state index in [4.69, 9.17) is 0 Å². The average molecular weight is 218 g/mol. The van der Waals surface area contributed by atoms with E-state index < -0.39 is 0 Å². The lowest BCUT2D eigenvalue weighted by molar-refractivity contribution is -0.754. The van der Waals surface area contributed by atoms with Crippen LogP contribution in [0.1, 0.15) is 19.8 Å². The Morgan fingerprint density at radius 1 is 1.44 bits per heavy atom. The second kappa shape index (κ2) is 4.83. The van der Waals surface area contributed by atoms with Gasteiger partial charge in [0.15, 0.2) is 18.6 Å². The lowest BCUT2D eigenvalue weighted by Crippen LogP contribution is -2.37. The molecule has 0 amide bonds. The van der Waals surface area contributed by atoms with Crippen LogP contribution in [-0.4, -0.2) is 19.9 Å². The maximum atomic E-state index is 4.33. The Labute approximate surface area is 94.8 Å². The highest BCUT2D eigenvalue weighted by Crippen LogP contribution is 2.09. The maximum absolute atomic E-state index is 4.33. The van der Waals surface area contributed by atoms with Gasteiger partial charge in [-0.3, -0.25) is 4.68 Å². The van der Waals surface area contributed by atoms with Gasteiger partial charge in [0.2, 0.25) is 0 Å². The Morgan fingerprint density at radius 3 is 2.88 bits per heavy atom. The van der Waals surface area contributed by atoms with E-state index in [2.05, 4.69) is 22.1 Å². The summed E-state index contributed by atoms with van der Waals surface area (Å²) in [6.45, 7) is 3.14. The predicted molar refractivity (Wildman–Crippen MR) is 59.3 cm³/mol. The monoisotopic (exact) mass is 218 g/mol. The van der Waals surface area contributed by atoms with Crippen LogP contribution >= 0.6 is 0 Å². The Hall–Kier alpha value is -1.78. The predicted octanol–water partition coefficient (Wildman–Crippen LogP) is 0.965. The van der Waals surface area contributed by atoms with E-state index >= 15 is 0 Å². The number of aryl methyl sites for hydroxylation is 2. The van der Waals surface area contributed by atoms with Crippen LogP contribution in [0.15, 0.2) is 24.8 Å². The van der Waals surface area contributed by atoms with E-state index in [1.165, 1.54) is 6.42 Å². The molecule has 5 heteroatoms. The van der Waals surface area contributed by atoms with Crippen LogP contribution in [0.25, 0.3) is 11.4 Å². The summed E-state index contributed by atoms with van der Waals surface area (Å²) in [5, 5.41) is 8.56. The van der Waals surface area contributed by atoms with Gasteiger partial charge in [0.1, 0.15) is 12.5 Å². The zero-order chi connectivity index (χ0) is 11.4. The lowest BCUT2D eigenvalue weighted by atomic mass is 10.3. The molecule has 5 nitrogen and oxygen atoms in total. The average Bonchev–Trinajstić information content (AvgIpc) is 2.74. The molecule has 0 spiro atoms. The second-order valence-corrected chi connectivity index (χ2v) is 3.77. The first kappa shape index (κ1) is 10.7. The van der Waals surface area contributed by atoms with Gasteiger partial charge in [0, 0.05) is 19.5 Å². The van der Waals surface area contributed by atoms with Crippen molar-refractivity contribution < 1.29 is 4.68 Å². The zero-order valence-corrected chi connectivity index (χ0v) is 9.67. The molecular weight excluding hydrogens is 202 g/mol. The number of unbranched alkanes of at least 4 members (excludes halogenated alkanes) is 1. The number of hydrogen-bond acceptors (Lipinski definition) is 3. The van der Waals surface area contributed by atoms with Gasteiger partial charge in [-0.25, -0.2) is 4.98 Å². The topological polar surface area (TPSA) is 47.5 Å². The van der Waals surface area contributed by atoms with Crippen molar-refractivity contribution in [3.63, 3.8) is 0 Å². The van der Waals surface area contributed by atoms with Gasteiger partial charge in [-0.1, -0.05) is 18.0 Å². The molecule has 0 aliphatic rings. The van der Waals surface area contributed by atoms with Crippen LogP contribution in [-0.2, 0) is 13.6 Å². The van der Waals surface area contributed by atoms with Crippen LogP contribution in [0.3, 0.4) is 0 Å². The number of rotatable bonds is 4. The first-order chi connectivity index (χ1) is 7.79. The summed E-state index contributed by atoms with van der Waals surface area (Å²) >= 11 is 0. The SMILES string of the molecule is CCCC[n+]1ccc(-c2ncn(C)n2)cn1. The standard InChI is InChI=1S/C11H16N5/c1-3-4-6-16-7-5-10(8-13-16)11-12-9-15(2)14-11/h5,7-9H,3-4,6H2,1-2H3/q+1. The van der Waals surface area contributed by atoms with E-state index in [9.17, 15) is 0 Å². The highest BCUT2D eigenvalue weighted by atomic mass is 15.3. The quantitative estimate of drug-likeness (QED) is 0.718. The maximum Gasteiger partial charge on any atom is 0.197 e. The number of hydrogen-bond donors (Lipinski definition) is 0. The van der Waals surface area contributed by atoms with E-state index in [1.54, 1.807) is 11.0 Å². The van der Waals surface area contributed by atoms with E-state index in [1.807, 2.05) is 30.2 Å². The molecule has 0 bridgehead atoms. The summed E-state index contributed by atoms with van der Waals surface area (Å²) in [7, 11) is 1.86. The van der Waals surface area contributed by atoms with E-state index in [0.29, 0.717) is 0 Å². The first-order valence-corrected chi connectivity index (χ1v) is 5.51. The molecule has 0 aliphatic heterocycles. The molecule has 0 aromatic carbocycles.